The van der Waals surface area contributed by atoms with Crippen molar-refractivity contribution >= 4 is 11.8 Å². The van der Waals surface area contributed by atoms with E-state index in [2.05, 4.69) is 10.9 Å². The predicted molar refractivity (Wildman–Crippen MR) is 84.0 cm³/mol. The second kappa shape index (κ2) is 9.12. The monoisotopic (exact) mass is 322 g/mol. The molecule has 1 aliphatic rings. The zero-order valence-corrected chi connectivity index (χ0v) is 13.1. The number of amides is 2. The smallest absolute Gasteiger partial charge is 0.276 e. The summed E-state index contributed by atoms with van der Waals surface area (Å²) in [5.74, 6) is 0.00950. The number of benzene rings is 1. The fourth-order valence-corrected chi connectivity index (χ4v) is 2.73. The Morgan fingerprint density at radius 3 is 2.39 bits per heavy atom. The first-order valence-electron chi connectivity index (χ1n) is 8.09. The fraction of sp³-hybridized carbons (Fsp3) is 0.529. The molecule has 1 aromatic carbocycles. The van der Waals surface area contributed by atoms with Gasteiger partial charge in [-0.1, -0.05) is 32.1 Å². The van der Waals surface area contributed by atoms with Crippen LogP contribution in [0, 0.1) is 11.7 Å². The van der Waals surface area contributed by atoms with E-state index in [9.17, 15) is 14.0 Å². The van der Waals surface area contributed by atoms with Gasteiger partial charge in [0.25, 0.3) is 5.91 Å². The molecule has 1 saturated carbocycles. The number of nitrogens with one attached hydrogen (secondary N) is 2. The number of halogens is 1. The minimum atomic E-state index is -0.458. The molecule has 23 heavy (non-hydrogen) atoms. The van der Waals surface area contributed by atoms with Gasteiger partial charge in [-0.15, -0.1) is 0 Å². The number of rotatable bonds is 6. The fourth-order valence-electron chi connectivity index (χ4n) is 2.73. The summed E-state index contributed by atoms with van der Waals surface area (Å²) in [5, 5.41) is 0. The van der Waals surface area contributed by atoms with Crippen LogP contribution in [0.15, 0.2) is 24.3 Å². The maximum atomic E-state index is 12.7. The van der Waals surface area contributed by atoms with Crippen molar-refractivity contribution in [3.8, 4) is 5.75 Å². The summed E-state index contributed by atoms with van der Waals surface area (Å²) in [4.78, 5) is 23.3. The van der Waals surface area contributed by atoms with E-state index in [1.807, 2.05) is 0 Å². The molecule has 0 aromatic heterocycles. The predicted octanol–water partition coefficient (Wildman–Crippen LogP) is 2.71. The molecule has 1 aromatic rings. The summed E-state index contributed by atoms with van der Waals surface area (Å²) >= 11 is 0. The van der Waals surface area contributed by atoms with Crippen molar-refractivity contribution in [3.05, 3.63) is 30.1 Å². The summed E-state index contributed by atoms with van der Waals surface area (Å²) < 4.78 is 17.9. The Bertz CT molecular complexity index is 513. The van der Waals surface area contributed by atoms with Crippen LogP contribution in [0.4, 0.5) is 4.39 Å². The van der Waals surface area contributed by atoms with Gasteiger partial charge in [0.05, 0.1) is 0 Å². The normalized spacial score (nSPS) is 15.0. The minimum absolute atomic E-state index is 0.189. The Balaban J connectivity index is 1.57. The standard InChI is InChI=1S/C17H23FN2O3/c18-14-7-9-15(10-8-14)23-12-17(22)20-19-16(21)11-6-13-4-2-1-3-5-13/h7-10,13H,1-6,11-12H2,(H,19,21)(H,20,22). The van der Waals surface area contributed by atoms with E-state index < -0.39 is 5.91 Å². The SMILES string of the molecule is O=C(CCC1CCCCC1)NNC(=O)COc1ccc(F)cc1. The van der Waals surface area contributed by atoms with Gasteiger partial charge < -0.3 is 4.74 Å². The highest BCUT2D eigenvalue weighted by Gasteiger charge is 2.15. The summed E-state index contributed by atoms with van der Waals surface area (Å²) in [6, 6.07) is 5.37. The molecule has 5 nitrogen and oxygen atoms in total. The first kappa shape index (κ1) is 17.2. The van der Waals surface area contributed by atoms with Crippen molar-refractivity contribution in [2.45, 2.75) is 44.9 Å². The summed E-state index contributed by atoms with van der Waals surface area (Å²) in [6.45, 7) is -0.242. The van der Waals surface area contributed by atoms with Crippen LogP contribution < -0.4 is 15.6 Å². The Hall–Kier alpha value is -2.11. The van der Waals surface area contributed by atoms with Crippen LogP contribution in [0.3, 0.4) is 0 Å². The number of hydrogen-bond donors (Lipinski definition) is 2. The molecule has 0 radical (unpaired) electrons. The summed E-state index contributed by atoms with van der Waals surface area (Å²) in [7, 11) is 0. The highest BCUT2D eigenvalue weighted by atomic mass is 19.1. The lowest BCUT2D eigenvalue weighted by atomic mass is 9.86. The van der Waals surface area contributed by atoms with Crippen LogP contribution in [-0.4, -0.2) is 18.4 Å². The maximum absolute atomic E-state index is 12.7. The molecule has 0 spiro atoms. The lowest BCUT2D eigenvalue weighted by Gasteiger charge is -2.21. The van der Waals surface area contributed by atoms with Gasteiger partial charge in [0, 0.05) is 6.42 Å². The second-order valence-corrected chi connectivity index (χ2v) is 5.88. The Kier molecular flexibility index (Phi) is 6.84. The van der Waals surface area contributed by atoms with Crippen molar-refractivity contribution in [3.63, 3.8) is 0 Å². The van der Waals surface area contributed by atoms with Gasteiger partial charge in [-0.3, -0.25) is 20.4 Å². The third kappa shape index (κ3) is 6.67. The minimum Gasteiger partial charge on any atom is -0.484 e. The average Bonchev–Trinajstić information content (AvgIpc) is 2.58. The number of ether oxygens (including phenoxy) is 1. The van der Waals surface area contributed by atoms with E-state index in [-0.39, 0.29) is 18.3 Å². The highest BCUT2D eigenvalue weighted by Crippen LogP contribution is 2.27. The molecule has 0 atom stereocenters. The van der Waals surface area contributed by atoms with E-state index in [0.29, 0.717) is 18.1 Å². The van der Waals surface area contributed by atoms with Gasteiger partial charge in [0.2, 0.25) is 5.91 Å². The van der Waals surface area contributed by atoms with Crippen LogP contribution >= 0.6 is 0 Å². The van der Waals surface area contributed by atoms with E-state index in [0.717, 1.165) is 6.42 Å². The van der Waals surface area contributed by atoms with E-state index in [1.54, 1.807) is 0 Å². The largest absolute Gasteiger partial charge is 0.484 e. The summed E-state index contributed by atoms with van der Waals surface area (Å²) in [5.41, 5.74) is 4.70. The van der Waals surface area contributed by atoms with Gasteiger partial charge in [-0.2, -0.15) is 0 Å². The number of hydrazine groups is 1. The molecule has 0 saturated heterocycles. The van der Waals surface area contributed by atoms with E-state index >= 15 is 0 Å². The van der Waals surface area contributed by atoms with Gasteiger partial charge in [-0.05, 0) is 36.6 Å². The van der Waals surface area contributed by atoms with E-state index in [4.69, 9.17) is 4.74 Å². The molecule has 2 N–H and O–H groups in total. The first-order chi connectivity index (χ1) is 11.1. The quantitative estimate of drug-likeness (QED) is 0.791. The molecule has 2 rings (SSSR count). The Labute approximate surface area is 135 Å². The van der Waals surface area contributed by atoms with Crippen LogP contribution in [0.25, 0.3) is 0 Å². The molecular weight excluding hydrogens is 299 g/mol. The van der Waals surface area contributed by atoms with Crippen LogP contribution in [0.5, 0.6) is 5.75 Å². The summed E-state index contributed by atoms with van der Waals surface area (Å²) in [6.07, 6.45) is 7.49. The Morgan fingerprint density at radius 2 is 1.70 bits per heavy atom. The lowest BCUT2D eigenvalue weighted by molar-refractivity contribution is -0.130. The highest BCUT2D eigenvalue weighted by molar-refractivity contribution is 5.82. The lowest BCUT2D eigenvalue weighted by Crippen LogP contribution is -2.43. The number of hydrogen-bond acceptors (Lipinski definition) is 3. The van der Waals surface area contributed by atoms with Crippen LogP contribution in [0.1, 0.15) is 44.9 Å². The molecule has 126 valence electrons. The second-order valence-electron chi connectivity index (χ2n) is 5.88. The number of carbonyl (C=O) groups is 2. The molecule has 0 unspecified atom stereocenters. The molecule has 6 heteroatoms. The van der Waals surface area contributed by atoms with Crippen molar-refractivity contribution in [2.75, 3.05) is 6.61 Å². The topological polar surface area (TPSA) is 67.4 Å². The molecule has 0 heterocycles. The van der Waals surface area contributed by atoms with Crippen molar-refractivity contribution in [1.82, 2.24) is 10.9 Å². The molecule has 1 aliphatic carbocycles. The first-order valence-corrected chi connectivity index (χ1v) is 8.09. The molecule has 0 aliphatic heterocycles. The molecule has 1 fully saturated rings. The molecule has 0 bridgehead atoms. The maximum Gasteiger partial charge on any atom is 0.276 e. The zero-order valence-electron chi connectivity index (χ0n) is 13.1. The van der Waals surface area contributed by atoms with Gasteiger partial charge >= 0.3 is 0 Å². The van der Waals surface area contributed by atoms with Crippen LogP contribution in [0.2, 0.25) is 0 Å². The molecule has 2 amide bonds. The number of carbonyl (C=O) groups excluding carboxylic acids is 2. The average molecular weight is 322 g/mol. The van der Waals surface area contributed by atoms with Gasteiger partial charge in [-0.25, -0.2) is 4.39 Å². The van der Waals surface area contributed by atoms with Crippen molar-refractivity contribution in [2.24, 2.45) is 5.92 Å². The van der Waals surface area contributed by atoms with Gasteiger partial charge in [0.1, 0.15) is 11.6 Å². The third-order valence-electron chi connectivity index (χ3n) is 4.03. The molecular formula is C17H23FN2O3. The van der Waals surface area contributed by atoms with E-state index in [1.165, 1.54) is 56.4 Å². The van der Waals surface area contributed by atoms with Gasteiger partial charge in [0.15, 0.2) is 6.61 Å². The van der Waals surface area contributed by atoms with Crippen molar-refractivity contribution < 1.29 is 18.7 Å². The van der Waals surface area contributed by atoms with Crippen LogP contribution in [-0.2, 0) is 9.59 Å². The zero-order chi connectivity index (χ0) is 16.5. The van der Waals surface area contributed by atoms with Crippen molar-refractivity contribution in [1.29, 1.82) is 0 Å². The Morgan fingerprint density at radius 1 is 1.04 bits per heavy atom. The third-order valence-corrected chi connectivity index (χ3v) is 4.03.